The Kier molecular flexibility index (Phi) is 4.44. The van der Waals surface area contributed by atoms with Crippen LogP contribution >= 0.6 is 34.4 Å². The van der Waals surface area contributed by atoms with Crippen LogP contribution in [0.5, 0.6) is 0 Å². The molecule has 3 rings (SSSR count). The Morgan fingerprint density at radius 1 is 1.35 bits per heavy atom. The van der Waals surface area contributed by atoms with Crippen LogP contribution in [0, 0.1) is 0 Å². The molecule has 0 bridgehead atoms. The lowest BCUT2D eigenvalue weighted by molar-refractivity contribution is 0.608. The van der Waals surface area contributed by atoms with Crippen molar-refractivity contribution in [1.82, 2.24) is 25.2 Å². The molecule has 0 unspecified atom stereocenters. The standard InChI is InChI=1S/C12H13N5S3/c1-2-11-13-9(7-19-11)8-20-12-14-15-16-17(12)6-10-4-3-5-18-10/h3-5,7H,2,6,8H2,1H3. The minimum atomic E-state index is 0.726. The Morgan fingerprint density at radius 2 is 2.30 bits per heavy atom. The maximum absolute atomic E-state index is 4.56. The Balaban J connectivity index is 1.64. The van der Waals surface area contributed by atoms with Crippen molar-refractivity contribution in [2.75, 3.05) is 0 Å². The second-order valence-corrected chi connectivity index (χ2v) is 6.99. The predicted molar refractivity (Wildman–Crippen MR) is 82.3 cm³/mol. The average Bonchev–Trinajstić information content (AvgIpc) is 3.19. The van der Waals surface area contributed by atoms with E-state index in [0.29, 0.717) is 0 Å². The lowest BCUT2D eigenvalue weighted by atomic mass is 10.5. The molecule has 3 aromatic heterocycles. The zero-order valence-electron chi connectivity index (χ0n) is 10.9. The Bertz CT molecular complexity index is 658. The molecule has 0 saturated heterocycles. The Morgan fingerprint density at radius 3 is 3.05 bits per heavy atom. The normalized spacial score (nSPS) is 11.1. The zero-order chi connectivity index (χ0) is 13.8. The predicted octanol–water partition coefficient (Wildman–Crippen LogP) is 3.09. The van der Waals surface area contributed by atoms with E-state index >= 15 is 0 Å². The summed E-state index contributed by atoms with van der Waals surface area (Å²) in [4.78, 5) is 5.81. The van der Waals surface area contributed by atoms with Gasteiger partial charge in [-0.2, -0.15) is 0 Å². The summed E-state index contributed by atoms with van der Waals surface area (Å²) in [6, 6.07) is 4.13. The maximum atomic E-state index is 4.56. The van der Waals surface area contributed by atoms with Crippen LogP contribution in [0.4, 0.5) is 0 Å². The van der Waals surface area contributed by atoms with E-state index in [1.54, 1.807) is 34.4 Å². The summed E-state index contributed by atoms with van der Waals surface area (Å²) >= 11 is 5.06. The topological polar surface area (TPSA) is 56.5 Å². The third-order valence-corrected chi connectivity index (χ3v) is 5.53. The first kappa shape index (κ1) is 13.7. The molecule has 8 heteroatoms. The van der Waals surface area contributed by atoms with Crippen LogP contribution in [0.2, 0.25) is 0 Å². The minimum Gasteiger partial charge on any atom is -0.245 e. The molecular formula is C12H13N5S3. The van der Waals surface area contributed by atoms with Crippen LogP contribution in [-0.4, -0.2) is 25.2 Å². The van der Waals surface area contributed by atoms with Gasteiger partial charge in [-0.25, -0.2) is 9.67 Å². The third kappa shape index (κ3) is 3.25. The molecule has 0 spiro atoms. The lowest BCUT2D eigenvalue weighted by Gasteiger charge is -2.01. The minimum absolute atomic E-state index is 0.726. The van der Waals surface area contributed by atoms with Crippen molar-refractivity contribution in [2.45, 2.75) is 30.8 Å². The number of thiazole rings is 1. The van der Waals surface area contributed by atoms with Gasteiger partial charge in [0.1, 0.15) is 0 Å². The van der Waals surface area contributed by atoms with E-state index < -0.39 is 0 Å². The van der Waals surface area contributed by atoms with E-state index in [4.69, 9.17) is 0 Å². The highest BCUT2D eigenvalue weighted by atomic mass is 32.2. The fourth-order valence-electron chi connectivity index (χ4n) is 1.67. The highest BCUT2D eigenvalue weighted by Gasteiger charge is 2.09. The van der Waals surface area contributed by atoms with Crippen LogP contribution in [0.3, 0.4) is 0 Å². The largest absolute Gasteiger partial charge is 0.245 e. The van der Waals surface area contributed by atoms with Gasteiger partial charge >= 0.3 is 0 Å². The molecule has 0 atom stereocenters. The molecule has 0 radical (unpaired) electrons. The van der Waals surface area contributed by atoms with E-state index in [1.165, 1.54) is 9.88 Å². The van der Waals surface area contributed by atoms with Crippen LogP contribution in [0.15, 0.2) is 28.0 Å². The molecule has 0 aliphatic carbocycles. The van der Waals surface area contributed by atoms with Gasteiger partial charge in [-0.3, -0.25) is 0 Å². The molecule has 0 N–H and O–H groups in total. The van der Waals surface area contributed by atoms with Gasteiger partial charge in [0.15, 0.2) is 0 Å². The van der Waals surface area contributed by atoms with Gasteiger partial charge in [-0.15, -0.1) is 27.8 Å². The smallest absolute Gasteiger partial charge is 0.210 e. The fourth-order valence-corrected chi connectivity index (χ4v) is 3.97. The molecule has 3 aromatic rings. The molecule has 5 nitrogen and oxygen atoms in total. The molecule has 0 aromatic carbocycles. The SMILES string of the molecule is CCc1nc(CSc2nnnn2Cc2cccs2)cs1. The highest BCUT2D eigenvalue weighted by molar-refractivity contribution is 7.98. The number of hydrogen-bond acceptors (Lipinski definition) is 7. The molecule has 104 valence electrons. The number of thioether (sulfide) groups is 1. The van der Waals surface area contributed by atoms with Crippen molar-refractivity contribution in [1.29, 1.82) is 0 Å². The van der Waals surface area contributed by atoms with Crippen LogP contribution in [0.25, 0.3) is 0 Å². The van der Waals surface area contributed by atoms with Crippen molar-refractivity contribution in [3.63, 3.8) is 0 Å². The van der Waals surface area contributed by atoms with Crippen LogP contribution < -0.4 is 0 Å². The Hall–Kier alpha value is -1.25. The van der Waals surface area contributed by atoms with E-state index in [2.05, 4.69) is 44.3 Å². The highest BCUT2D eigenvalue weighted by Crippen LogP contribution is 2.22. The molecule has 0 fully saturated rings. The van der Waals surface area contributed by atoms with Gasteiger partial charge in [-0.05, 0) is 28.3 Å². The van der Waals surface area contributed by atoms with E-state index in [9.17, 15) is 0 Å². The van der Waals surface area contributed by atoms with Gasteiger partial charge < -0.3 is 0 Å². The number of thiophene rings is 1. The van der Waals surface area contributed by atoms with Gasteiger partial charge in [0.2, 0.25) is 5.16 Å². The summed E-state index contributed by atoms with van der Waals surface area (Å²) < 4.78 is 1.84. The molecule has 0 saturated carbocycles. The molecule has 0 amide bonds. The average molecular weight is 323 g/mol. The number of rotatable bonds is 6. The van der Waals surface area contributed by atoms with E-state index in [1.807, 2.05) is 10.7 Å². The van der Waals surface area contributed by atoms with Gasteiger partial charge in [0.25, 0.3) is 0 Å². The van der Waals surface area contributed by atoms with Gasteiger partial charge in [-0.1, -0.05) is 24.8 Å². The van der Waals surface area contributed by atoms with Crippen molar-refractivity contribution in [2.24, 2.45) is 0 Å². The summed E-state index contributed by atoms with van der Waals surface area (Å²) in [6.45, 7) is 2.85. The van der Waals surface area contributed by atoms with E-state index in [-0.39, 0.29) is 0 Å². The second kappa shape index (κ2) is 6.47. The number of nitrogens with zero attached hydrogens (tertiary/aromatic N) is 5. The van der Waals surface area contributed by atoms with Crippen molar-refractivity contribution < 1.29 is 0 Å². The van der Waals surface area contributed by atoms with Crippen LogP contribution in [0.1, 0.15) is 22.5 Å². The quantitative estimate of drug-likeness (QED) is 0.652. The summed E-state index contributed by atoms with van der Waals surface area (Å²) in [5, 5.41) is 18.1. The molecular weight excluding hydrogens is 310 g/mol. The monoisotopic (exact) mass is 323 g/mol. The third-order valence-electron chi connectivity index (χ3n) is 2.64. The first-order chi connectivity index (χ1) is 9.85. The van der Waals surface area contributed by atoms with Crippen molar-refractivity contribution in [3.8, 4) is 0 Å². The maximum Gasteiger partial charge on any atom is 0.210 e. The first-order valence-corrected chi connectivity index (χ1v) is 8.94. The summed E-state index contributed by atoms with van der Waals surface area (Å²) in [7, 11) is 0. The van der Waals surface area contributed by atoms with Crippen LogP contribution in [-0.2, 0) is 18.7 Å². The number of aryl methyl sites for hydroxylation is 1. The number of tetrazole rings is 1. The summed E-state index contributed by atoms with van der Waals surface area (Å²) in [5.74, 6) is 0.807. The Labute approximate surface area is 129 Å². The second-order valence-electron chi connectivity index (χ2n) is 4.07. The van der Waals surface area contributed by atoms with Gasteiger partial charge in [0.05, 0.1) is 17.2 Å². The molecule has 20 heavy (non-hydrogen) atoms. The molecule has 0 aliphatic heterocycles. The van der Waals surface area contributed by atoms with Crippen molar-refractivity contribution >= 4 is 34.4 Å². The lowest BCUT2D eigenvalue weighted by Crippen LogP contribution is -2.02. The molecule has 0 aliphatic rings. The number of hydrogen-bond donors (Lipinski definition) is 0. The van der Waals surface area contributed by atoms with Crippen molar-refractivity contribution in [3.05, 3.63) is 38.5 Å². The van der Waals surface area contributed by atoms with Gasteiger partial charge in [0, 0.05) is 16.0 Å². The fraction of sp³-hybridized carbons (Fsp3) is 0.333. The molecule has 3 heterocycles. The van der Waals surface area contributed by atoms with E-state index in [0.717, 1.165) is 29.6 Å². The first-order valence-electron chi connectivity index (χ1n) is 6.19. The summed E-state index contributed by atoms with van der Waals surface area (Å²) in [6.07, 6.45) is 0.992. The zero-order valence-corrected chi connectivity index (χ0v) is 13.3. The summed E-state index contributed by atoms with van der Waals surface area (Å²) in [5.41, 5.74) is 1.10. The number of aromatic nitrogens is 5.